The summed E-state index contributed by atoms with van der Waals surface area (Å²) in [6.45, 7) is 2.24. The van der Waals surface area contributed by atoms with Crippen LogP contribution in [0.1, 0.15) is 36.9 Å². The van der Waals surface area contributed by atoms with Gasteiger partial charge in [-0.15, -0.1) is 0 Å². The second kappa shape index (κ2) is 7.30. The topological polar surface area (TPSA) is 57.7 Å². The zero-order valence-corrected chi connectivity index (χ0v) is 14.1. The number of hydrogen-bond acceptors (Lipinski definition) is 3. The van der Waals surface area contributed by atoms with Gasteiger partial charge in [0.15, 0.2) is 0 Å². The fraction of sp³-hybridized carbons (Fsp3) is 0.250. The monoisotopic (exact) mass is 336 g/mol. The molecule has 0 radical (unpaired) electrons. The molecule has 0 saturated carbocycles. The lowest BCUT2D eigenvalue weighted by Gasteiger charge is -2.26. The number of hydrogen-bond donors (Lipinski definition) is 0. The minimum atomic E-state index is -0.765. The first-order chi connectivity index (χ1) is 12.1. The lowest BCUT2D eigenvalue weighted by molar-refractivity contribution is -0.143. The molecule has 1 aliphatic rings. The van der Waals surface area contributed by atoms with E-state index in [1.54, 1.807) is 0 Å². The SMILES string of the molecule is CCCCN1C(=O)C(=O)N(C(c2ccccc2)c2ccccc2)C1=O. The maximum absolute atomic E-state index is 12.8. The van der Waals surface area contributed by atoms with Gasteiger partial charge in [0.25, 0.3) is 0 Å². The van der Waals surface area contributed by atoms with Crippen LogP contribution in [-0.4, -0.2) is 34.2 Å². The first-order valence-corrected chi connectivity index (χ1v) is 8.44. The molecule has 0 N–H and O–H groups in total. The van der Waals surface area contributed by atoms with Crippen molar-refractivity contribution in [3.63, 3.8) is 0 Å². The van der Waals surface area contributed by atoms with Crippen molar-refractivity contribution in [2.75, 3.05) is 6.54 Å². The molecule has 2 aromatic rings. The molecule has 128 valence electrons. The van der Waals surface area contributed by atoms with Crippen molar-refractivity contribution in [1.82, 2.24) is 9.80 Å². The van der Waals surface area contributed by atoms with Crippen LogP contribution in [0.3, 0.4) is 0 Å². The van der Waals surface area contributed by atoms with Crippen LogP contribution >= 0.6 is 0 Å². The fourth-order valence-electron chi connectivity index (χ4n) is 3.02. The van der Waals surface area contributed by atoms with E-state index in [0.717, 1.165) is 27.3 Å². The quantitative estimate of drug-likeness (QED) is 0.600. The van der Waals surface area contributed by atoms with E-state index in [-0.39, 0.29) is 6.54 Å². The third kappa shape index (κ3) is 3.18. The van der Waals surface area contributed by atoms with Crippen molar-refractivity contribution in [1.29, 1.82) is 0 Å². The normalized spacial score (nSPS) is 14.7. The molecule has 1 fully saturated rings. The zero-order chi connectivity index (χ0) is 17.8. The van der Waals surface area contributed by atoms with Gasteiger partial charge in [0.2, 0.25) is 0 Å². The number of rotatable bonds is 6. The number of benzene rings is 2. The number of unbranched alkanes of at least 4 members (excludes halogenated alkanes) is 1. The third-order valence-corrected chi connectivity index (χ3v) is 4.31. The Morgan fingerprint density at radius 2 is 1.32 bits per heavy atom. The summed E-state index contributed by atoms with van der Waals surface area (Å²) in [4.78, 5) is 39.9. The molecule has 2 aromatic carbocycles. The maximum atomic E-state index is 12.8. The number of carbonyl (C=O) groups is 3. The summed E-state index contributed by atoms with van der Waals surface area (Å²) in [5.74, 6) is -1.51. The van der Waals surface area contributed by atoms with E-state index < -0.39 is 23.9 Å². The molecule has 1 saturated heterocycles. The van der Waals surface area contributed by atoms with Crippen LogP contribution in [0.2, 0.25) is 0 Å². The molecular formula is C20H20N2O3. The lowest BCUT2D eigenvalue weighted by atomic mass is 9.97. The highest BCUT2D eigenvalue weighted by atomic mass is 16.2. The summed E-state index contributed by atoms with van der Waals surface area (Å²) < 4.78 is 0. The van der Waals surface area contributed by atoms with Crippen LogP contribution in [0, 0.1) is 0 Å². The van der Waals surface area contributed by atoms with Crippen LogP contribution in [0.4, 0.5) is 4.79 Å². The van der Waals surface area contributed by atoms with Crippen LogP contribution in [0.15, 0.2) is 60.7 Å². The molecule has 0 aromatic heterocycles. The van der Waals surface area contributed by atoms with E-state index >= 15 is 0 Å². The van der Waals surface area contributed by atoms with E-state index in [2.05, 4.69) is 0 Å². The summed E-state index contributed by atoms with van der Waals surface area (Å²) >= 11 is 0. The highest BCUT2D eigenvalue weighted by molar-refractivity contribution is 6.44. The summed E-state index contributed by atoms with van der Waals surface area (Å²) in [5.41, 5.74) is 1.58. The van der Waals surface area contributed by atoms with Crippen molar-refractivity contribution in [2.24, 2.45) is 0 Å². The van der Waals surface area contributed by atoms with Crippen LogP contribution in [-0.2, 0) is 9.59 Å². The van der Waals surface area contributed by atoms with Crippen molar-refractivity contribution < 1.29 is 14.4 Å². The molecule has 1 aliphatic heterocycles. The summed E-state index contributed by atoms with van der Waals surface area (Å²) in [5, 5.41) is 0. The molecule has 0 unspecified atom stereocenters. The van der Waals surface area contributed by atoms with E-state index in [4.69, 9.17) is 0 Å². The Balaban J connectivity index is 2.03. The summed E-state index contributed by atoms with van der Waals surface area (Å²) in [7, 11) is 0. The number of carbonyl (C=O) groups excluding carboxylic acids is 3. The summed E-state index contributed by atoms with van der Waals surface area (Å²) in [6, 6.07) is 17.4. The molecule has 0 atom stereocenters. The van der Waals surface area contributed by atoms with E-state index in [9.17, 15) is 14.4 Å². The van der Waals surface area contributed by atoms with Gasteiger partial charge in [-0.2, -0.15) is 0 Å². The van der Waals surface area contributed by atoms with Gasteiger partial charge < -0.3 is 0 Å². The molecule has 0 spiro atoms. The Kier molecular flexibility index (Phi) is 4.93. The first kappa shape index (κ1) is 16.9. The van der Waals surface area contributed by atoms with Gasteiger partial charge in [0.05, 0.1) is 6.04 Å². The average Bonchev–Trinajstić information content (AvgIpc) is 2.86. The largest absolute Gasteiger partial charge is 0.335 e. The Morgan fingerprint density at radius 3 is 1.80 bits per heavy atom. The minimum absolute atomic E-state index is 0.271. The smallest absolute Gasteiger partial charge is 0.263 e. The number of nitrogens with zero attached hydrogens (tertiary/aromatic N) is 2. The Labute approximate surface area is 146 Å². The highest BCUT2D eigenvalue weighted by Gasteiger charge is 2.48. The van der Waals surface area contributed by atoms with Crippen molar-refractivity contribution in [3.8, 4) is 0 Å². The minimum Gasteiger partial charge on any atom is -0.263 e. The average molecular weight is 336 g/mol. The first-order valence-electron chi connectivity index (χ1n) is 8.44. The summed E-state index contributed by atoms with van der Waals surface area (Å²) in [6.07, 6.45) is 1.52. The van der Waals surface area contributed by atoms with Crippen LogP contribution in [0.25, 0.3) is 0 Å². The van der Waals surface area contributed by atoms with Crippen LogP contribution in [0.5, 0.6) is 0 Å². The van der Waals surface area contributed by atoms with Gasteiger partial charge in [-0.05, 0) is 17.5 Å². The standard InChI is InChI=1S/C20H20N2O3/c1-2-3-14-21-18(23)19(24)22(20(21)25)17(15-10-6-4-7-11-15)16-12-8-5-9-13-16/h4-13,17H,2-3,14H2,1H3. The fourth-order valence-corrected chi connectivity index (χ4v) is 3.02. The third-order valence-electron chi connectivity index (χ3n) is 4.31. The van der Waals surface area contributed by atoms with Gasteiger partial charge in [-0.1, -0.05) is 74.0 Å². The van der Waals surface area contributed by atoms with Gasteiger partial charge in [-0.3, -0.25) is 14.5 Å². The van der Waals surface area contributed by atoms with E-state index in [1.807, 2.05) is 67.6 Å². The molecule has 1 heterocycles. The van der Waals surface area contributed by atoms with Gasteiger partial charge in [0.1, 0.15) is 0 Å². The molecule has 25 heavy (non-hydrogen) atoms. The second-order valence-corrected chi connectivity index (χ2v) is 5.99. The van der Waals surface area contributed by atoms with E-state index in [0.29, 0.717) is 6.42 Å². The van der Waals surface area contributed by atoms with Crippen LogP contribution < -0.4 is 0 Å². The molecule has 5 heteroatoms. The van der Waals surface area contributed by atoms with Crippen molar-refractivity contribution in [3.05, 3.63) is 71.8 Å². The Bertz CT molecular complexity index is 735. The molecule has 5 nitrogen and oxygen atoms in total. The molecular weight excluding hydrogens is 316 g/mol. The second-order valence-electron chi connectivity index (χ2n) is 5.99. The number of imide groups is 2. The molecule has 0 bridgehead atoms. The Hall–Kier alpha value is -2.95. The predicted octanol–water partition coefficient (Wildman–Crippen LogP) is 3.37. The molecule has 3 rings (SSSR count). The van der Waals surface area contributed by atoms with Crippen molar-refractivity contribution in [2.45, 2.75) is 25.8 Å². The maximum Gasteiger partial charge on any atom is 0.335 e. The predicted molar refractivity (Wildman–Crippen MR) is 93.6 cm³/mol. The molecule has 4 amide bonds. The van der Waals surface area contributed by atoms with Crippen molar-refractivity contribution >= 4 is 17.8 Å². The highest BCUT2D eigenvalue weighted by Crippen LogP contribution is 2.32. The molecule has 0 aliphatic carbocycles. The van der Waals surface area contributed by atoms with Gasteiger partial charge >= 0.3 is 17.8 Å². The lowest BCUT2D eigenvalue weighted by Crippen LogP contribution is -2.37. The zero-order valence-electron chi connectivity index (χ0n) is 14.1. The van der Waals surface area contributed by atoms with Gasteiger partial charge in [-0.25, -0.2) is 9.69 Å². The van der Waals surface area contributed by atoms with Gasteiger partial charge in [0, 0.05) is 6.54 Å². The van der Waals surface area contributed by atoms with E-state index in [1.165, 1.54) is 0 Å². The number of urea groups is 1. The Morgan fingerprint density at radius 1 is 0.800 bits per heavy atom. The number of amides is 4.